The Morgan fingerprint density at radius 2 is 1.44 bits per heavy atom. The maximum atomic E-state index is 10.8. The highest BCUT2D eigenvalue weighted by Crippen LogP contribution is 2.09. The molecular weight excluding hydrogens is 252 g/mol. The Bertz CT molecular complexity index is 325. The van der Waals surface area contributed by atoms with Crippen LogP contribution in [0.25, 0.3) is 0 Å². The van der Waals surface area contributed by atoms with Gasteiger partial charge in [-0.2, -0.15) is 0 Å². The highest BCUT2D eigenvalue weighted by atomic mass is 32.1. The van der Waals surface area contributed by atoms with E-state index in [1.165, 1.54) is 13.8 Å². The van der Waals surface area contributed by atoms with Crippen molar-refractivity contribution >= 4 is 46.4 Å². The third kappa shape index (κ3) is 3.38. The van der Waals surface area contributed by atoms with Crippen molar-refractivity contribution in [1.29, 1.82) is 0 Å². The summed E-state index contributed by atoms with van der Waals surface area (Å²) >= 11 is 9.44. The molecule has 0 aliphatic heterocycles. The van der Waals surface area contributed by atoms with Crippen molar-refractivity contribution < 1.29 is 19.8 Å². The van der Waals surface area contributed by atoms with Crippen LogP contribution >= 0.6 is 24.4 Å². The van der Waals surface area contributed by atoms with E-state index in [4.69, 9.17) is 28.2 Å². The topological polar surface area (TPSA) is 104 Å². The zero-order valence-corrected chi connectivity index (χ0v) is 10.3. The number of nitrogens with zero attached hydrogens (tertiary/aromatic N) is 1. The van der Waals surface area contributed by atoms with E-state index >= 15 is 0 Å². The first-order valence-corrected chi connectivity index (χ1v) is 5.09. The van der Waals surface area contributed by atoms with Crippen molar-refractivity contribution in [1.82, 2.24) is 4.90 Å². The largest absolute Gasteiger partial charge is 0.480 e. The third-order valence-electron chi connectivity index (χ3n) is 1.99. The quantitative estimate of drug-likeness (QED) is 0.602. The number of nitrogens with two attached hydrogens (primary N) is 1. The van der Waals surface area contributed by atoms with Crippen LogP contribution in [0.5, 0.6) is 0 Å². The molecule has 6 nitrogen and oxygen atoms in total. The molecule has 0 saturated carbocycles. The minimum Gasteiger partial charge on any atom is -0.480 e. The second kappa shape index (κ2) is 5.71. The van der Waals surface area contributed by atoms with E-state index in [-0.39, 0.29) is 9.98 Å². The van der Waals surface area contributed by atoms with Gasteiger partial charge >= 0.3 is 11.9 Å². The summed E-state index contributed by atoms with van der Waals surface area (Å²) in [5.74, 6) is -2.40. The fourth-order valence-corrected chi connectivity index (χ4v) is 1.47. The number of aliphatic carboxylic acids is 2. The minimum absolute atomic E-state index is 0.139. The third-order valence-corrected chi connectivity index (χ3v) is 2.75. The lowest BCUT2D eigenvalue weighted by molar-refractivity contribution is -0.146. The van der Waals surface area contributed by atoms with Gasteiger partial charge in [0.05, 0.1) is 0 Å². The standard InChI is InChI=1S/C8H12N2O4S2/c1-3(7(11)12)10(4(2)8(13)14)6(16)5(9)15/h3-4H,1-2H3,(H2,9,15)(H,11,12)(H,13,14). The van der Waals surface area contributed by atoms with Gasteiger partial charge in [-0.15, -0.1) is 0 Å². The Morgan fingerprint density at radius 3 is 1.62 bits per heavy atom. The maximum Gasteiger partial charge on any atom is 0.326 e. The fourth-order valence-electron chi connectivity index (χ4n) is 1.05. The molecule has 0 radical (unpaired) electrons. The lowest BCUT2D eigenvalue weighted by atomic mass is 10.2. The molecule has 0 aromatic carbocycles. The number of thiocarbonyl (C=S) groups is 2. The van der Waals surface area contributed by atoms with Crippen molar-refractivity contribution in [3.63, 3.8) is 0 Å². The van der Waals surface area contributed by atoms with Crippen LogP contribution in [-0.2, 0) is 9.59 Å². The second-order valence-electron chi connectivity index (χ2n) is 3.11. The van der Waals surface area contributed by atoms with Crippen LogP contribution in [0.1, 0.15) is 13.8 Å². The number of carbonyl (C=O) groups is 2. The molecule has 0 spiro atoms. The number of carboxylic acid groups (broad SMARTS) is 2. The summed E-state index contributed by atoms with van der Waals surface area (Å²) < 4.78 is 0. The van der Waals surface area contributed by atoms with Gasteiger partial charge in [-0.1, -0.05) is 24.4 Å². The van der Waals surface area contributed by atoms with Crippen molar-refractivity contribution in [2.45, 2.75) is 25.9 Å². The van der Waals surface area contributed by atoms with Gasteiger partial charge in [-0.25, -0.2) is 9.59 Å². The molecule has 0 aromatic heterocycles. The van der Waals surface area contributed by atoms with Crippen LogP contribution in [0.4, 0.5) is 0 Å². The first kappa shape index (κ1) is 14.7. The monoisotopic (exact) mass is 264 g/mol. The van der Waals surface area contributed by atoms with Crippen LogP contribution in [0, 0.1) is 0 Å². The summed E-state index contributed by atoms with van der Waals surface area (Å²) in [6, 6.07) is -2.22. The Labute approximate surface area is 103 Å². The maximum absolute atomic E-state index is 10.8. The summed E-state index contributed by atoms with van der Waals surface area (Å²) in [5.41, 5.74) is 5.28. The van der Waals surface area contributed by atoms with Gasteiger partial charge < -0.3 is 20.8 Å². The molecular formula is C8H12N2O4S2. The summed E-state index contributed by atoms with van der Waals surface area (Å²) in [5, 5.41) is 17.7. The predicted molar refractivity (Wildman–Crippen MR) is 65.4 cm³/mol. The van der Waals surface area contributed by atoms with Gasteiger partial charge in [0.25, 0.3) is 0 Å². The molecule has 0 saturated heterocycles. The minimum atomic E-state index is -1.20. The Morgan fingerprint density at radius 1 is 1.12 bits per heavy atom. The summed E-state index contributed by atoms with van der Waals surface area (Å²) in [4.78, 5) is 22.3. The number of rotatable bonds is 4. The predicted octanol–water partition coefficient (Wildman–Crippen LogP) is -0.152. The van der Waals surface area contributed by atoms with Gasteiger partial charge in [0, 0.05) is 0 Å². The van der Waals surface area contributed by atoms with Gasteiger partial charge in [-0.05, 0) is 13.8 Å². The van der Waals surface area contributed by atoms with Crippen molar-refractivity contribution in [3.05, 3.63) is 0 Å². The molecule has 2 atom stereocenters. The number of hydrogen-bond donors (Lipinski definition) is 3. The highest BCUT2D eigenvalue weighted by Gasteiger charge is 2.32. The molecule has 0 aromatic rings. The molecule has 8 heteroatoms. The van der Waals surface area contributed by atoms with Crippen molar-refractivity contribution in [2.24, 2.45) is 5.73 Å². The highest BCUT2D eigenvalue weighted by molar-refractivity contribution is 7.89. The van der Waals surface area contributed by atoms with Crippen LogP contribution in [-0.4, -0.2) is 49.1 Å². The average Bonchev–Trinajstić information content (AvgIpc) is 2.16. The van der Waals surface area contributed by atoms with E-state index in [2.05, 4.69) is 12.2 Å². The van der Waals surface area contributed by atoms with Crippen LogP contribution in [0.2, 0.25) is 0 Å². The smallest absolute Gasteiger partial charge is 0.326 e. The fraction of sp³-hybridized carbons (Fsp3) is 0.500. The van der Waals surface area contributed by atoms with Gasteiger partial charge in [-0.3, -0.25) is 0 Å². The number of hydrogen-bond acceptors (Lipinski definition) is 4. The lowest BCUT2D eigenvalue weighted by Gasteiger charge is -2.31. The van der Waals surface area contributed by atoms with E-state index in [0.29, 0.717) is 0 Å². The molecule has 0 bridgehead atoms. The molecule has 4 N–H and O–H groups in total. The normalized spacial score (nSPS) is 13.6. The molecule has 90 valence electrons. The van der Waals surface area contributed by atoms with E-state index in [9.17, 15) is 9.59 Å². The zero-order valence-electron chi connectivity index (χ0n) is 8.71. The molecule has 0 fully saturated rings. The van der Waals surface area contributed by atoms with Gasteiger partial charge in [0.2, 0.25) is 0 Å². The Hall–Kier alpha value is -1.28. The average molecular weight is 264 g/mol. The molecule has 0 amide bonds. The Kier molecular flexibility index (Phi) is 5.25. The first-order chi connectivity index (χ1) is 7.20. The molecule has 2 unspecified atom stereocenters. The summed E-state index contributed by atoms with van der Waals surface area (Å²) in [7, 11) is 0. The van der Waals surface area contributed by atoms with E-state index < -0.39 is 24.0 Å². The van der Waals surface area contributed by atoms with Gasteiger partial charge in [0.15, 0.2) is 0 Å². The molecule has 0 heterocycles. The second-order valence-corrected chi connectivity index (χ2v) is 3.93. The molecule has 0 aliphatic rings. The van der Waals surface area contributed by atoms with Crippen LogP contribution < -0.4 is 5.73 Å². The van der Waals surface area contributed by atoms with E-state index in [1.807, 2.05) is 0 Å². The Balaban J connectivity index is 5.20. The zero-order chi connectivity index (χ0) is 13.0. The van der Waals surface area contributed by atoms with Crippen molar-refractivity contribution in [2.75, 3.05) is 0 Å². The van der Waals surface area contributed by atoms with E-state index in [1.54, 1.807) is 0 Å². The lowest BCUT2D eigenvalue weighted by Crippen LogP contribution is -2.53. The van der Waals surface area contributed by atoms with Crippen LogP contribution in [0.15, 0.2) is 0 Å². The first-order valence-electron chi connectivity index (χ1n) is 4.27. The summed E-state index contributed by atoms with van der Waals surface area (Å²) in [6.45, 7) is 2.62. The van der Waals surface area contributed by atoms with Gasteiger partial charge in [0.1, 0.15) is 22.1 Å². The molecule has 0 aliphatic carbocycles. The van der Waals surface area contributed by atoms with Crippen molar-refractivity contribution in [3.8, 4) is 0 Å². The van der Waals surface area contributed by atoms with Crippen LogP contribution in [0.3, 0.4) is 0 Å². The molecule has 0 rings (SSSR count). The summed E-state index contributed by atoms with van der Waals surface area (Å²) in [6.07, 6.45) is 0. The number of carboxylic acids is 2. The molecule has 16 heavy (non-hydrogen) atoms. The SMILES string of the molecule is CC(C(=O)O)N(C(=S)C(N)=S)C(C)C(=O)O. The van der Waals surface area contributed by atoms with E-state index in [0.717, 1.165) is 4.90 Å².